The molecule has 33 heavy (non-hydrogen) atoms. The number of thiophene rings is 1. The minimum absolute atomic E-state index is 0.00269. The SMILES string of the molecule is Cc1nc(C#N)c(N2CCN(C(=O)CSc3nc4sc(C)c(C)c4c(=O)n3C(C)C)CC2)o1. The van der Waals surface area contributed by atoms with Gasteiger partial charge >= 0.3 is 0 Å². The molecule has 4 rings (SSSR count). The van der Waals surface area contributed by atoms with Crippen molar-refractivity contribution in [2.24, 2.45) is 0 Å². The van der Waals surface area contributed by atoms with Gasteiger partial charge in [0, 0.05) is 44.0 Å². The standard InChI is InChI=1S/C22H26N6O3S2/c1-12(2)28-20(30)18-13(3)14(4)33-19(18)25-22(28)32-11-17(29)26-6-8-27(9-7-26)21-16(10-23)24-15(5)31-21/h12H,6-9,11H2,1-5H3. The Morgan fingerprint density at radius 3 is 2.55 bits per heavy atom. The molecule has 0 bridgehead atoms. The van der Waals surface area contributed by atoms with Gasteiger partial charge in [0.1, 0.15) is 10.9 Å². The monoisotopic (exact) mass is 486 g/mol. The van der Waals surface area contributed by atoms with Gasteiger partial charge in [0.15, 0.2) is 11.0 Å². The number of carbonyl (C=O) groups excluding carboxylic acids is 1. The Kier molecular flexibility index (Phi) is 6.50. The zero-order valence-electron chi connectivity index (χ0n) is 19.3. The van der Waals surface area contributed by atoms with Crippen LogP contribution in [0.2, 0.25) is 0 Å². The van der Waals surface area contributed by atoms with Crippen molar-refractivity contribution < 1.29 is 9.21 Å². The molecular formula is C22H26N6O3S2. The van der Waals surface area contributed by atoms with E-state index in [9.17, 15) is 14.9 Å². The molecule has 0 spiro atoms. The van der Waals surface area contributed by atoms with Crippen molar-refractivity contribution in [1.29, 1.82) is 5.26 Å². The number of aromatic nitrogens is 3. The highest BCUT2D eigenvalue weighted by atomic mass is 32.2. The number of hydrogen-bond donors (Lipinski definition) is 0. The van der Waals surface area contributed by atoms with Crippen LogP contribution in [0.1, 0.15) is 41.9 Å². The summed E-state index contributed by atoms with van der Waals surface area (Å²) in [6.07, 6.45) is 0. The van der Waals surface area contributed by atoms with Crippen LogP contribution in [-0.4, -0.2) is 57.3 Å². The molecule has 1 aliphatic heterocycles. The van der Waals surface area contributed by atoms with E-state index in [1.165, 1.54) is 23.1 Å². The van der Waals surface area contributed by atoms with Crippen molar-refractivity contribution >= 4 is 45.1 Å². The number of carbonyl (C=O) groups is 1. The highest BCUT2D eigenvalue weighted by Crippen LogP contribution is 2.30. The van der Waals surface area contributed by atoms with Crippen LogP contribution in [0.5, 0.6) is 0 Å². The quantitative estimate of drug-likeness (QED) is 0.399. The van der Waals surface area contributed by atoms with Gasteiger partial charge in [-0.1, -0.05) is 11.8 Å². The maximum atomic E-state index is 13.2. The van der Waals surface area contributed by atoms with Gasteiger partial charge < -0.3 is 14.2 Å². The van der Waals surface area contributed by atoms with Crippen LogP contribution in [0.4, 0.5) is 5.88 Å². The number of nitrogens with zero attached hydrogens (tertiary/aromatic N) is 6. The smallest absolute Gasteiger partial charge is 0.263 e. The van der Waals surface area contributed by atoms with E-state index >= 15 is 0 Å². The molecule has 0 radical (unpaired) electrons. The van der Waals surface area contributed by atoms with E-state index in [0.717, 1.165) is 15.3 Å². The molecule has 9 nitrogen and oxygen atoms in total. The molecule has 4 heterocycles. The van der Waals surface area contributed by atoms with Crippen LogP contribution in [0.3, 0.4) is 0 Å². The number of hydrogen-bond acceptors (Lipinski definition) is 9. The Morgan fingerprint density at radius 1 is 1.21 bits per heavy atom. The number of oxazole rings is 1. The lowest BCUT2D eigenvalue weighted by atomic mass is 10.2. The third kappa shape index (κ3) is 4.37. The fourth-order valence-electron chi connectivity index (χ4n) is 3.92. The number of fused-ring (bicyclic) bond motifs is 1. The largest absolute Gasteiger partial charge is 0.424 e. The van der Waals surface area contributed by atoms with E-state index in [0.29, 0.717) is 48.5 Å². The Morgan fingerprint density at radius 2 is 1.91 bits per heavy atom. The molecule has 1 amide bonds. The molecule has 1 saturated heterocycles. The summed E-state index contributed by atoms with van der Waals surface area (Å²) in [5.74, 6) is 1.13. The molecule has 0 unspecified atom stereocenters. The minimum atomic E-state index is -0.0603. The zero-order valence-corrected chi connectivity index (χ0v) is 21.0. The van der Waals surface area contributed by atoms with Gasteiger partial charge in [-0.2, -0.15) is 5.26 Å². The van der Waals surface area contributed by atoms with Crippen molar-refractivity contribution in [3.05, 3.63) is 32.4 Å². The molecule has 0 saturated carbocycles. The van der Waals surface area contributed by atoms with E-state index in [2.05, 4.69) is 11.1 Å². The lowest BCUT2D eigenvalue weighted by Crippen LogP contribution is -2.49. The van der Waals surface area contributed by atoms with E-state index in [4.69, 9.17) is 9.40 Å². The van der Waals surface area contributed by atoms with E-state index < -0.39 is 0 Å². The second-order valence-electron chi connectivity index (χ2n) is 8.28. The van der Waals surface area contributed by atoms with Crippen molar-refractivity contribution in [2.45, 2.75) is 45.8 Å². The van der Waals surface area contributed by atoms with Crippen LogP contribution >= 0.6 is 23.1 Å². The number of nitriles is 1. The molecular weight excluding hydrogens is 460 g/mol. The van der Waals surface area contributed by atoms with Crippen molar-refractivity contribution in [1.82, 2.24) is 19.4 Å². The Balaban J connectivity index is 1.46. The lowest BCUT2D eigenvalue weighted by Gasteiger charge is -2.34. The predicted molar refractivity (Wildman–Crippen MR) is 129 cm³/mol. The van der Waals surface area contributed by atoms with Crippen LogP contribution in [0.15, 0.2) is 14.4 Å². The second-order valence-corrected chi connectivity index (χ2v) is 10.4. The fraction of sp³-hybridized carbons (Fsp3) is 0.500. The maximum absolute atomic E-state index is 13.2. The average Bonchev–Trinajstić information content (AvgIpc) is 3.30. The Bertz CT molecular complexity index is 1310. The summed E-state index contributed by atoms with van der Waals surface area (Å²) in [6.45, 7) is 11.7. The number of rotatable bonds is 5. The summed E-state index contributed by atoms with van der Waals surface area (Å²) in [7, 11) is 0. The van der Waals surface area contributed by atoms with Gasteiger partial charge in [0.2, 0.25) is 17.5 Å². The summed E-state index contributed by atoms with van der Waals surface area (Å²) >= 11 is 2.83. The first kappa shape index (κ1) is 23.3. The summed E-state index contributed by atoms with van der Waals surface area (Å²) in [6, 6.07) is 2.00. The van der Waals surface area contributed by atoms with Gasteiger partial charge in [-0.15, -0.1) is 11.3 Å². The molecule has 11 heteroatoms. The van der Waals surface area contributed by atoms with E-state index in [1.54, 1.807) is 16.4 Å². The normalized spacial score (nSPS) is 14.3. The summed E-state index contributed by atoms with van der Waals surface area (Å²) in [5, 5.41) is 10.5. The predicted octanol–water partition coefficient (Wildman–Crippen LogP) is 3.26. The Labute approximate surface area is 200 Å². The van der Waals surface area contributed by atoms with Crippen molar-refractivity contribution in [2.75, 3.05) is 36.8 Å². The number of amides is 1. The van der Waals surface area contributed by atoms with Gasteiger partial charge in [0.05, 0.1) is 11.1 Å². The number of aryl methyl sites for hydroxylation is 3. The molecule has 3 aromatic rings. The molecule has 0 aliphatic carbocycles. The van der Waals surface area contributed by atoms with E-state index in [-0.39, 0.29) is 29.0 Å². The molecule has 1 fully saturated rings. The highest BCUT2D eigenvalue weighted by Gasteiger charge is 2.26. The van der Waals surface area contributed by atoms with Gasteiger partial charge in [0.25, 0.3) is 5.56 Å². The van der Waals surface area contributed by atoms with E-state index in [1.807, 2.05) is 32.6 Å². The number of thioether (sulfide) groups is 1. The first-order valence-electron chi connectivity index (χ1n) is 10.8. The summed E-state index contributed by atoms with van der Waals surface area (Å²) in [5.41, 5.74) is 1.21. The third-order valence-corrected chi connectivity index (χ3v) is 7.82. The molecule has 0 aromatic carbocycles. The average molecular weight is 487 g/mol. The van der Waals surface area contributed by atoms with Gasteiger partial charge in [-0.05, 0) is 33.3 Å². The van der Waals surface area contributed by atoms with Crippen LogP contribution < -0.4 is 10.5 Å². The molecule has 0 atom stereocenters. The second kappa shape index (κ2) is 9.19. The fourth-order valence-corrected chi connectivity index (χ4v) is 6.03. The van der Waals surface area contributed by atoms with Crippen LogP contribution in [0, 0.1) is 32.1 Å². The van der Waals surface area contributed by atoms with Gasteiger partial charge in [-0.3, -0.25) is 14.2 Å². The number of piperazine rings is 1. The minimum Gasteiger partial charge on any atom is -0.424 e. The van der Waals surface area contributed by atoms with Crippen LogP contribution in [0.25, 0.3) is 10.2 Å². The molecule has 0 N–H and O–H groups in total. The Hall–Kier alpha value is -2.84. The first-order chi connectivity index (χ1) is 15.7. The number of anilines is 1. The third-order valence-electron chi connectivity index (χ3n) is 5.79. The first-order valence-corrected chi connectivity index (χ1v) is 12.6. The molecule has 174 valence electrons. The highest BCUT2D eigenvalue weighted by molar-refractivity contribution is 7.99. The summed E-state index contributed by atoms with van der Waals surface area (Å²) < 4.78 is 7.27. The molecule has 1 aliphatic rings. The molecule has 3 aromatic heterocycles. The summed E-state index contributed by atoms with van der Waals surface area (Å²) in [4.78, 5) is 40.5. The van der Waals surface area contributed by atoms with Crippen molar-refractivity contribution in [3.63, 3.8) is 0 Å². The maximum Gasteiger partial charge on any atom is 0.263 e. The lowest BCUT2D eigenvalue weighted by molar-refractivity contribution is -0.128. The van der Waals surface area contributed by atoms with Crippen molar-refractivity contribution in [3.8, 4) is 6.07 Å². The van der Waals surface area contributed by atoms with Crippen LogP contribution in [-0.2, 0) is 4.79 Å². The topological polar surface area (TPSA) is 108 Å². The zero-order chi connectivity index (χ0) is 23.9. The van der Waals surface area contributed by atoms with Gasteiger partial charge in [-0.25, -0.2) is 9.97 Å².